The lowest BCUT2D eigenvalue weighted by Gasteiger charge is -2.36. The third kappa shape index (κ3) is 5.48. The number of rotatable bonds is 7. The third-order valence-electron chi connectivity index (χ3n) is 9.68. The number of benzene rings is 2. The number of carboxylic acid groups (broad SMARTS) is 1. The van der Waals surface area contributed by atoms with E-state index in [9.17, 15) is 14.3 Å². The molecule has 2 aromatic carbocycles. The van der Waals surface area contributed by atoms with Gasteiger partial charge in [0.25, 0.3) is 0 Å². The van der Waals surface area contributed by atoms with Crippen LogP contribution in [0.3, 0.4) is 0 Å². The van der Waals surface area contributed by atoms with Gasteiger partial charge in [-0.2, -0.15) is 0 Å². The van der Waals surface area contributed by atoms with Crippen molar-refractivity contribution in [2.24, 2.45) is 11.8 Å². The molecule has 0 spiro atoms. The minimum atomic E-state index is -0.641. The molecule has 3 atom stereocenters. The molecule has 2 saturated heterocycles. The Kier molecular flexibility index (Phi) is 7.72. The lowest BCUT2D eigenvalue weighted by molar-refractivity contribution is -0.145. The first-order valence-corrected chi connectivity index (χ1v) is 14.9. The molecule has 1 N–H and O–H groups in total. The summed E-state index contributed by atoms with van der Waals surface area (Å²) in [6.07, 6.45) is 7.70. The Morgan fingerprint density at radius 3 is 2.49 bits per heavy atom. The number of halogens is 1. The molecule has 6 rings (SSSR count). The van der Waals surface area contributed by atoms with Gasteiger partial charge in [-0.05, 0) is 62.1 Å². The first kappa shape index (κ1) is 26.5. The summed E-state index contributed by atoms with van der Waals surface area (Å²) in [5, 5.41) is 10.3. The maximum atomic E-state index is 13.8. The van der Waals surface area contributed by atoms with E-state index in [4.69, 9.17) is 0 Å². The Balaban J connectivity index is 1.16. The number of piperidine rings is 1. The van der Waals surface area contributed by atoms with Crippen LogP contribution in [0.2, 0.25) is 0 Å². The second-order valence-electron chi connectivity index (χ2n) is 12.1. The van der Waals surface area contributed by atoms with Crippen molar-refractivity contribution < 1.29 is 14.3 Å². The average molecular weight is 533 g/mol. The van der Waals surface area contributed by atoms with Gasteiger partial charge >= 0.3 is 5.97 Å². The summed E-state index contributed by atoms with van der Waals surface area (Å²) in [4.78, 5) is 22.1. The van der Waals surface area contributed by atoms with Crippen molar-refractivity contribution in [3.05, 3.63) is 65.7 Å². The van der Waals surface area contributed by atoms with Crippen LogP contribution in [-0.4, -0.2) is 69.2 Å². The van der Waals surface area contributed by atoms with Crippen LogP contribution < -0.4 is 0 Å². The maximum Gasteiger partial charge on any atom is 0.321 e. The number of carbonyl (C=O) groups is 1. The van der Waals surface area contributed by atoms with Crippen molar-refractivity contribution in [3.63, 3.8) is 0 Å². The number of aliphatic carboxylic acids is 1. The maximum absolute atomic E-state index is 13.8. The minimum Gasteiger partial charge on any atom is -0.480 e. The van der Waals surface area contributed by atoms with E-state index in [-0.39, 0.29) is 17.8 Å². The summed E-state index contributed by atoms with van der Waals surface area (Å²) >= 11 is 0. The summed E-state index contributed by atoms with van der Waals surface area (Å²) in [5.41, 5.74) is 3.09. The van der Waals surface area contributed by atoms with Crippen LogP contribution in [0.5, 0.6) is 0 Å². The van der Waals surface area contributed by atoms with E-state index in [0.29, 0.717) is 17.9 Å². The number of nitrogens with zero attached hydrogens (tertiary/aromatic N) is 4. The number of aryl methyl sites for hydroxylation is 1. The van der Waals surface area contributed by atoms with Gasteiger partial charge in [0.2, 0.25) is 0 Å². The van der Waals surface area contributed by atoms with E-state index in [0.717, 1.165) is 88.1 Å². The fourth-order valence-electron chi connectivity index (χ4n) is 7.85. The highest BCUT2D eigenvalue weighted by Gasteiger charge is 2.43. The van der Waals surface area contributed by atoms with Crippen molar-refractivity contribution >= 4 is 17.0 Å². The zero-order chi connectivity index (χ0) is 26.9. The molecule has 3 fully saturated rings. The lowest BCUT2D eigenvalue weighted by atomic mass is 9.83. The second kappa shape index (κ2) is 11.4. The van der Waals surface area contributed by atoms with Crippen molar-refractivity contribution in [3.8, 4) is 0 Å². The van der Waals surface area contributed by atoms with E-state index in [1.54, 1.807) is 0 Å². The number of fused-ring (bicyclic) bond motifs is 1. The Morgan fingerprint density at radius 2 is 1.77 bits per heavy atom. The highest BCUT2D eigenvalue weighted by Crippen LogP contribution is 2.39. The fraction of sp³-hybridized carbons (Fsp3) is 0.562. The van der Waals surface area contributed by atoms with Crippen LogP contribution in [0.25, 0.3) is 11.0 Å². The lowest BCUT2D eigenvalue weighted by Crippen LogP contribution is -2.46. The molecule has 2 aliphatic heterocycles. The van der Waals surface area contributed by atoms with E-state index >= 15 is 0 Å². The summed E-state index contributed by atoms with van der Waals surface area (Å²) in [5.74, 6) is 1.10. The average Bonchev–Trinajstić information content (AvgIpc) is 3.49. The van der Waals surface area contributed by atoms with Gasteiger partial charge in [0, 0.05) is 50.7 Å². The second-order valence-corrected chi connectivity index (χ2v) is 12.1. The van der Waals surface area contributed by atoms with Crippen molar-refractivity contribution in [2.75, 3.05) is 32.7 Å². The van der Waals surface area contributed by atoms with E-state index < -0.39 is 5.97 Å². The quantitative estimate of drug-likeness (QED) is 0.412. The number of carboxylic acids is 1. The molecule has 3 aromatic rings. The summed E-state index contributed by atoms with van der Waals surface area (Å²) in [7, 11) is 0. The third-order valence-corrected chi connectivity index (χ3v) is 9.68. The zero-order valence-electron chi connectivity index (χ0n) is 23.0. The van der Waals surface area contributed by atoms with E-state index in [2.05, 4.69) is 49.7 Å². The largest absolute Gasteiger partial charge is 0.480 e. The molecular weight excluding hydrogens is 491 g/mol. The van der Waals surface area contributed by atoms with Gasteiger partial charge in [0.1, 0.15) is 17.7 Å². The van der Waals surface area contributed by atoms with Crippen LogP contribution in [0, 0.1) is 24.6 Å². The Hall–Kier alpha value is -2.77. The van der Waals surface area contributed by atoms with Crippen molar-refractivity contribution in [1.82, 2.24) is 19.4 Å². The molecule has 7 heteroatoms. The molecule has 0 amide bonds. The van der Waals surface area contributed by atoms with Gasteiger partial charge in [0.15, 0.2) is 0 Å². The van der Waals surface area contributed by atoms with Gasteiger partial charge in [-0.15, -0.1) is 0 Å². The highest BCUT2D eigenvalue weighted by molar-refractivity contribution is 5.76. The number of imidazole rings is 1. The van der Waals surface area contributed by atoms with Crippen LogP contribution in [0.4, 0.5) is 4.39 Å². The van der Waals surface area contributed by atoms with Gasteiger partial charge in [-0.25, -0.2) is 9.37 Å². The normalized spacial score (nSPS) is 24.9. The van der Waals surface area contributed by atoms with E-state index in [1.807, 2.05) is 13.0 Å². The van der Waals surface area contributed by atoms with Crippen LogP contribution in [-0.2, 0) is 4.79 Å². The molecule has 6 nitrogen and oxygen atoms in total. The number of aromatic nitrogens is 2. The summed E-state index contributed by atoms with van der Waals surface area (Å²) < 4.78 is 16.1. The predicted octanol–water partition coefficient (Wildman–Crippen LogP) is 5.87. The van der Waals surface area contributed by atoms with Crippen LogP contribution >= 0.6 is 0 Å². The van der Waals surface area contributed by atoms with Gasteiger partial charge < -0.3 is 14.6 Å². The standard InChI is InChI=1S/C32H41FN4O2/c1-22-34-29-18-26(33)12-13-30(29)37(22)27-14-16-35(17-15-27)19-25-20-36(21-28(25)23-8-4-2-5-9-23)31(32(38)39)24-10-6-3-7-11-24/h2,4-5,8-9,12-13,18,24-25,27-28,31H,3,6-7,10-11,14-17,19-21H2,1H3,(H,38,39)/t25?,28-,31-/m1/s1. The highest BCUT2D eigenvalue weighted by atomic mass is 19.1. The predicted molar refractivity (Wildman–Crippen MR) is 151 cm³/mol. The van der Waals surface area contributed by atoms with Crippen molar-refractivity contribution in [1.29, 1.82) is 0 Å². The van der Waals surface area contributed by atoms with Gasteiger partial charge in [0.05, 0.1) is 11.0 Å². The SMILES string of the molecule is Cc1nc2cc(F)ccc2n1C1CCN(CC2CN([C@@H](C(=O)O)C3CCCCC3)C[C@@H]2c2ccccc2)CC1. The molecular formula is C32H41FN4O2. The van der Waals surface area contributed by atoms with Crippen molar-refractivity contribution in [2.45, 2.75) is 69.9 Å². The first-order valence-electron chi connectivity index (χ1n) is 14.9. The molecule has 0 radical (unpaired) electrons. The summed E-state index contributed by atoms with van der Waals surface area (Å²) in [6.45, 7) is 6.71. The minimum absolute atomic E-state index is 0.242. The zero-order valence-corrected chi connectivity index (χ0v) is 23.0. The number of hydrogen-bond acceptors (Lipinski definition) is 4. The molecule has 1 aliphatic carbocycles. The molecule has 39 heavy (non-hydrogen) atoms. The summed E-state index contributed by atoms with van der Waals surface area (Å²) in [6, 6.07) is 15.6. The molecule has 208 valence electrons. The van der Waals surface area contributed by atoms with E-state index in [1.165, 1.54) is 24.1 Å². The Morgan fingerprint density at radius 1 is 1.03 bits per heavy atom. The Labute approximate surface area is 230 Å². The molecule has 1 aromatic heterocycles. The number of hydrogen-bond donors (Lipinski definition) is 1. The van der Waals surface area contributed by atoms with Gasteiger partial charge in [-0.1, -0.05) is 49.6 Å². The topological polar surface area (TPSA) is 61.6 Å². The monoisotopic (exact) mass is 532 g/mol. The number of likely N-dealkylation sites (tertiary alicyclic amines) is 2. The smallest absolute Gasteiger partial charge is 0.321 e. The fourth-order valence-corrected chi connectivity index (χ4v) is 7.85. The molecule has 1 unspecified atom stereocenters. The van der Waals surface area contributed by atoms with Crippen LogP contribution in [0.1, 0.15) is 68.3 Å². The van der Waals surface area contributed by atoms with Gasteiger partial charge in [-0.3, -0.25) is 9.69 Å². The first-order chi connectivity index (χ1) is 19.0. The molecule has 3 heterocycles. The Bertz CT molecular complexity index is 1280. The molecule has 3 aliphatic rings. The molecule has 1 saturated carbocycles. The van der Waals surface area contributed by atoms with Crippen LogP contribution in [0.15, 0.2) is 48.5 Å². The molecule has 0 bridgehead atoms.